The summed E-state index contributed by atoms with van der Waals surface area (Å²) in [5, 5.41) is 13.7. The molecular weight excluding hydrogens is 347 g/mol. The van der Waals surface area contributed by atoms with E-state index in [1.54, 1.807) is 0 Å². The van der Waals surface area contributed by atoms with E-state index in [9.17, 15) is 18.3 Å². The Balaban J connectivity index is 2.03. The number of nitrogens with zero attached hydrogens (tertiary/aromatic N) is 2. The molecule has 1 fully saturated rings. The van der Waals surface area contributed by atoms with Gasteiger partial charge in [-0.05, 0) is 24.6 Å². The van der Waals surface area contributed by atoms with E-state index in [1.807, 2.05) is 18.9 Å². The average Bonchev–Trinajstić information content (AvgIpc) is 2.59. The van der Waals surface area contributed by atoms with Crippen molar-refractivity contribution in [2.24, 2.45) is 4.99 Å². The largest absolute Gasteiger partial charge is 0.416 e. The number of aliphatic hydroxyl groups is 1. The van der Waals surface area contributed by atoms with Crippen LogP contribution in [-0.4, -0.2) is 54.9 Å². The van der Waals surface area contributed by atoms with E-state index < -0.39 is 17.3 Å². The number of guanidine groups is 1. The molecule has 0 spiro atoms. The minimum Gasteiger partial charge on any atom is -0.388 e. The smallest absolute Gasteiger partial charge is 0.388 e. The number of hydrogen-bond donors (Lipinski definition) is 2. The molecule has 1 aromatic rings. The Kier molecular flexibility index (Phi) is 6.88. The number of hydrogen-bond acceptors (Lipinski definition) is 3. The summed E-state index contributed by atoms with van der Waals surface area (Å²) in [6, 6.07) is 5.10. The molecule has 2 N–H and O–H groups in total. The second kappa shape index (κ2) is 8.73. The van der Waals surface area contributed by atoms with E-state index >= 15 is 0 Å². The fourth-order valence-corrected chi connectivity index (χ4v) is 2.75. The van der Waals surface area contributed by atoms with Crippen molar-refractivity contribution < 1.29 is 23.0 Å². The highest BCUT2D eigenvalue weighted by Gasteiger charge is 2.30. The van der Waals surface area contributed by atoms with Crippen LogP contribution in [0.3, 0.4) is 0 Å². The van der Waals surface area contributed by atoms with Gasteiger partial charge in [-0.2, -0.15) is 13.2 Å². The Morgan fingerprint density at radius 3 is 2.42 bits per heavy atom. The summed E-state index contributed by atoms with van der Waals surface area (Å²) >= 11 is 0. The monoisotopic (exact) mass is 373 g/mol. The molecule has 146 valence electrons. The van der Waals surface area contributed by atoms with E-state index in [4.69, 9.17) is 4.74 Å². The molecule has 0 amide bonds. The summed E-state index contributed by atoms with van der Waals surface area (Å²) in [5.74, 6) is 0.604. The van der Waals surface area contributed by atoms with Gasteiger partial charge in [0.2, 0.25) is 0 Å². The zero-order chi connectivity index (χ0) is 19.2. The molecule has 8 heteroatoms. The fraction of sp³-hybridized carbons (Fsp3) is 0.611. The van der Waals surface area contributed by atoms with Crippen molar-refractivity contribution in [1.29, 1.82) is 0 Å². The molecule has 0 unspecified atom stereocenters. The third-order valence-electron chi connectivity index (χ3n) is 4.34. The highest BCUT2D eigenvalue weighted by atomic mass is 19.4. The molecule has 0 aliphatic carbocycles. The minimum absolute atomic E-state index is 0.260. The number of rotatable bonds is 5. The quantitative estimate of drug-likeness (QED) is 0.615. The normalized spacial score (nSPS) is 17.8. The lowest BCUT2D eigenvalue weighted by Crippen LogP contribution is -2.43. The molecule has 26 heavy (non-hydrogen) atoms. The molecule has 1 heterocycles. The fourth-order valence-electron chi connectivity index (χ4n) is 2.75. The molecule has 1 aliphatic heterocycles. The maximum absolute atomic E-state index is 12.7. The maximum atomic E-state index is 12.7. The number of ether oxygens (including phenoxy) is 1. The molecule has 0 bridgehead atoms. The van der Waals surface area contributed by atoms with Gasteiger partial charge in [0.1, 0.15) is 0 Å². The molecule has 1 aromatic carbocycles. The van der Waals surface area contributed by atoms with Crippen LogP contribution < -0.4 is 5.32 Å². The first-order valence-electron chi connectivity index (χ1n) is 8.69. The molecular formula is C18H26F3N3O2. The van der Waals surface area contributed by atoms with Crippen LogP contribution in [0.25, 0.3) is 0 Å². The van der Waals surface area contributed by atoms with Gasteiger partial charge >= 0.3 is 6.18 Å². The van der Waals surface area contributed by atoms with Crippen LogP contribution in [0.4, 0.5) is 13.2 Å². The standard InChI is InChI=1S/C18H26F3N3O2/c1-3-22-16(23-13-17(25)8-10-26-11-9-17)24(2)12-14-4-6-15(7-5-14)18(19,20)21/h4-7,25H,3,8-13H2,1-2H3,(H,22,23). The van der Waals surface area contributed by atoms with Crippen molar-refractivity contribution in [3.8, 4) is 0 Å². The van der Waals surface area contributed by atoms with Crippen LogP contribution in [0.2, 0.25) is 0 Å². The lowest BCUT2D eigenvalue weighted by Gasteiger charge is -2.31. The SMILES string of the molecule is CCNC(=NCC1(O)CCOCC1)N(C)Cc1ccc(C(F)(F)F)cc1. The maximum Gasteiger partial charge on any atom is 0.416 e. The first-order chi connectivity index (χ1) is 12.2. The third-order valence-corrected chi connectivity index (χ3v) is 4.34. The molecule has 0 radical (unpaired) electrons. The zero-order valence-corrected chi connectivity index (χ0v) is 15.1. The van der Waals surface area contributed by atoms with Crippen molar-refractivity contribution >= 4 is 5.96 Å². The van der Waals surface area contributed by atoms with Gasteiger partial charge in [0, 0.05) is 46.2 Å². The van der Waals surface area contributed by atoms with Gasteiger partial charge in [-0.3, -0.25) is 4.99 Å². The summed E-state index contributed by atoms with van der Waals surface area (Å²) in [5.41, 5.74) is -0.782. The number of benzene rings is 1. The predicted molar refractivity (Wildman–Crippen MR) is 93.9 cm³/mol. The topological polar surface area (TPSA) is 57.1 Å². The lowest BCUT2D eigenvalue weighted by molar-refractivity contribution is -0.137. The second-order valence-electron chi connectivity index (χ2n) is 6.56. The van der Waals surface area contributed by atoms with Crippen LogP contribution in [0.1, 0.15) is 30.9 Å². The average molecular weight is 373 g/mol. The van der Waals surface area contributed by atoms with E-state index in [1.165, 1.54) is 12.1 Å². The van der Waals surface area contributed by atoms with Crippen LogP contribution >= 0.6 is 0 Å². The van der Waals surface area contributed by atoms with E-state index in [2.05, 4.69) is 10.3 Å². The molecule has 2 rings (SSSR count). The summed E-state index contributed by atoms with van der Waals surface area (Å²) in [7, 11) is 1.81. The Labute approximate surface area is 151 Å². The van der Waals surface area contributed by atoms with Gasteiger partial charge in [-0.1, -0.05) is 12.1 Å². The molecule has 1 saturated heterocycles. The Hall–Kier alpha value is -1.80. The highest BCUT2D eigenvalue weighted by molar-refractivity contribution is 5.79. The van der Waals surface area contributed by atoms with E-state index in [-0.39, 0.29) is 6.54 Å². The van der Waals surface area contributed by atoms with Crippen molar-refractivity contribution in [2.45, 2.75) is 38.1 Å². The third kappa shape index (κ3) is 5.88. The van der Waals surface area contributed by atoms with Gasteiger partial charge < -0.3 is 20.1 Å². The number of nitrogens with one attached hydrogen (secondary N) is 1. The van der Waals surface area contributed by atoms with Gasteiger partial charge in [0.05, 0.1) is 17.7 Å². The minimum atomic E-state index is -4.33. The second-order valence-corrected chi connectivity index (χ2v) is 6.56. The van der Waals surface area contributed by atoms with Crippen molar-refractivity contribution in [1.82, 2.24) is 10.2 Å². The Morgan fingerprint density at radius 2 is 1.88 bits per heavy atom. The van der Waals surface area contributed by atoms with Gasteiger partial charge in [0.15, 0.2) is 5.96 Å². The van der Waals surface area contributed by atoms with E-state index in [0.717, 1.165) is 17.7 Å². The van der Waals surface area contributed by atoms with Gasteiger partial charge in [-0.25, -0.2) is 0 Å². The van der Waals surface area contributed by atoms with Crippen LogP contribution in [0.15, 0.2) is 29.3 Å². The number of aliphatic imine (C=N–C) groups is 1. The summed E-state index contributed by atoms with van der Waals surface area (Å²) in [6.07, 6.45) is -3.25. The first-order valence-corrected chi connectivity index (χ1v) is 8.69. The molecule has 0 saturated carbocycles. The van der Waals surface area contributed by atoms with Crippen LogP contribution in [0.5, 0.6) is 0 Å². The number of alkyl halides is 3. The molecule has 5 nitrogen and oxygen atoms in total. The zero-order valence-electron chi connectivity index (χ0n) is 15.1. The van der Waals surface area contributed by atoms with Crippen LogP contribution in [-0.2, 0) is 17.5 Å². The summed E-state index contributed by atoms with van der Waals surface area (Å²) in [6.45, 7) is 4.29. The summed E-state index contributed by atoms with van der Waals surface area (Å²) in [4.78, 5) is 6.34. The Bertz CT molecular complexity index is 597. The van der Waals surface area contributed by atoms with Crippen molar-refractivity contribution in [3.05, 3.63) is 35.4 Å². The van der Waals surface area contributed by atoms with Crippen molar-refractivity contribution in [2.75, 3.05) is 33.4 Å². The Morgan fingerprint density at radius 1 is 1.27 bits per heavy atom. The first kappa shape index (κ1) is 20.5. The van der Waals surface area contributed by atoms with Gasteiger partial charge in [-0.15, -0.1) is 0 Å². The highest BCUT2D eigenvalue weighted by Crippen LogP contribution is 2.29. The van der Waals surface area contributed by atoms with Gasteiger partial charge in [0.25, 0.3) is 0 Å². The number of halogens is 3. The molecule has 0 atom stereocenters. The van der Waals surface area contributed by atoms with Crippen molar-refractivity contribution in [3.63, 3.8) is 0 Å². The van der Waals surface area contributed by atoms with Crippen LogP contribution in [0, 0.1) is 0 Å². The van der Waals surface area contributed by atoms with E-state index in [0.29, 0.717) is 45.1 Å². The summed E-state index contributed by atoms with van der Waals surface area (Å²) < 4.78 is 43.2. The molecule has 0 aromatic heterocycles. The molecule has 1 aliphatic rings. The lowest BCUT2D eigenvalue weighted by atomic mass is 9.95. The predicted octanol–water partition coefficient (Wildman–Crippen LogP) is 2.64.